The Labute approximate surface area is 55.3 Å². The Balaban J connectivity index is 3.28. The summed E-state index contributed by atoms with van der Waals surface area (Å²) in [5.41, 5.74) is -0.785. The summed E-state index contributed by atoms with van der Waals surface area (Å²) in [5, 5.41) is 12.5. The maximum Gasteiger partial charge on any atom is 0.145 e. The first-order valence-corrected chi connectivity index (χ1v) is 2.88. The van der Waals surface area contributed by atoms with Crippen LogP contribution in [0.25, 0.3) is 0 Å². The predicted molar refractivity (Wildman–Crippen MR) is 36.4 cm³/mol. The van der Waals surface area contributed by atoms with Gasteiger partial charge in [0.25, 0.3) is 0 Å². The lowest BCUT2D eigenvalue weighted by molar-refractivity contribution is -0.0185. The zero-order valence-electron chi connectivity index (χ0n) is 6.09. The number of oxime groups is 1. The van der Waals surface area contributed by atoms with E-state index in [1.807, 2.05) is 0 Å². The Bertz CT molecular complexity index is 93.7. The summed E-state index contributed by atoms with van der Waals surface area (Å²) in [4.78, 5) is 4.67. The van der Waals surface area contributed by atoms with E-state index in [4.69, 9.17) is 5.11 Å². The Morgan fingerprint density at radius 1 is 1.67 bits per heavy atom. The Kier molecular flexibility index (Phi) is 3.24. The predicted octanol–water partition coefficient (Wildman–Crippen LogP) is 0.780. The lowest BCUT2D eigenvalue weighted by Gasteiger charge is -2.13. The van der Waals surface area contributed by atoms with E-state index in [0.717, 1.165) is 0 Å². The number of nitrogens with zero attached hydrogens (tertiary/aromatic N) is 1. The van der Waals surface area contributed by atoms with E-state index < -0.39 is 5.60 Å². The molecule has 0 unspecified atom stereocenters. The quantitative estimate of drug-likeness (QED) is 0.454. The maximum absolute atomic E-state index is 9.05. The van der Waals surface area contributed by atoms with Gasteiger partial charge in [-0.15, -0.1) is 0 Å². The SMILES string of the molecule is CC=NOCC(C)(C)O. The van der Waals surface area contributed by atoms with E-state index in [1.165, 1.54) is 6.21 Å². The van der Waals surface area contributed by atoms with E-state index in [1.54, 1.807) is 20.8 Å². The van der Waals surface area contributed by atoms with Crippen LogP contribution in [0.5, 0.6) is 0 Å². The average molecular weight is 131 g/mol. The second-order valence-corrected chi connectivity index (χ2v) is 2.45. The molecule has 3 nitrogen and oxygen atoms in total. The van der Waals surface area contributed by atoms with Gasteiger partial charge in [0.2, 0.25) is 0 Å². The lowest BCUT2D eigenvalue weighted by Crippen LogP contribution is -2.24. The van der Waals surface area contributed by atoms with Crippen LogP contribution in [0.2, 0.25) is 0 Å². The summed E-state index contributed by atoms with van der Waals surface area (Å²) in [6, 6.07) is 0. The van der Waals surface area contributed by atoms with Gasteiger partial charge in [-0.25, -0.2) is 0 Å². The van der Waals surface area contributed by atoms with Gasteiger partial charge in [-0.2, -0.15) is 0 Å². The van der Waals surface area contributed by atoms with E-state index >= 15 is 0 Å². The molecule has 1 N–H and O–H groups in total. The molecule has 0 rings (SSSR count). The van der Waals surface area contributed by atoms with Gasteiger partial charge in [0.05, 0.1) is 5.60 Å². The molecule has 3 heteroatoms. The van der Waals surface area contributed by atoms with Gasteiger partial charge in [0.15, 0.2) is 0 Å². The van der Waals surface area contributed by atoms with Crippen LogP contribution in [0, 0.1) is 0 Å². The highest BCUT2D eigenvalue weighted by atomic mass is 16.6. The molecule has 0 aliphatic carbocycles. The third-order valence-electron chi connectivity index (χ3n) is 0.598. The first kappa shape index (κ1) is 8.43. The Morgan fingerprint density at radius 2 is 2.22 bits per heavy atom. The van der Waals surface area contributed by atoms with Gasteiger partial charge in [-0.1, -0.05) is 5.16 Å². The normalized spacial score (nSPS) is 12.4. The standard InChI is InChI=1S/C6H13NO2/c1-4-7-9-5-6(2,3)8/h4,8H,5H2,1-3H3. The molecule has 54 valence electrons. The highest BCUT2D eigenvalue weighted by Crippen LogP contribution is 2.00. The van der Waals surface area contributed by atoms with Crippen molar-refractivity contribution in [2.45, 2.75) is 26.4 Å². The van der Waals surface area contributed by atoms with E-state index in [-0.39, 0.29) is 6.61 Å². The Morgan fingerprint density at radius 3 is 2.56 bits per heavy atom. The third kappa shape index (κ3) is 7.43. The molecule has 0 radical (unpaired) electrons. The molecule has 0 saturated heterocycles. The summed E-state index contributed by atoms with van der Waals surface area (Å²) < 4.78 is 0. The molecule has 0 aromatic rings. The summed E-state index contributed by atoms with van der Waals surface area (Å²) >= 11 is 0. The van der Waals surface area contributed by atoms with Crippen LogP contribution in [-0.4, -0.2) is 23.5 Å². The van der Waals surface area contributed by atoms with Gasteiger partial charge in [-0.3, -0.25) is 0 Å². The maximum atomic E-state index is 9.05. The van der Waals surface area contributed by atoms with Crippen LogP contribution in [0.1, 0.15) is 20.8 Å². The van der Waals surface area contributed by atoms with Gasteiger partial charge in [0, 0.05) is 6.21 Å². The van der Waals surface area contributed by atoms with Crippen LogP contribution in [0.4, 0.5) is 0 Å². The van der Waals surface area contributed by atoms with Crippen molar-refractivity contribution >= 4 is 6.21 Å². The Hall–Kier alpha value is -0.570. The average Bonchev–Trinajstić information content (AvgIpc) is 1.63. The molecule has 0 saturated carbocycles. The van der Waals surface area contributed by atoms with Crippen LogP contribution in [0.3, 0.4) is 0 Å². The smallest absolute Gasteiger partial charge is 0.145 e. The molecule has 0 heterocycles. The molecular formula is C6H13NO2. The van der Waals surface area contributed by atoms with E-state index in [2.05, 4.69) is 9.99 Å². The topological polar surface area (TPSA) is 41.8 Å². The third-order valence-corrected chi connectivity index (χ3v) is 0.598. The van der Waals surface area contributed by atoms with Crippen LogP contribution < -0.4 is 0 Å². The molecule has 9 heavy (non-hydrogen) atoms. The minimum absolute atomic E-state index is 0.233. The first-order chi connectivity index (χ1) is 4.06. The summed E-state index contributed by atoms with van der Waals surface area (Å²) in [7, 11) is 0. The highest BCUT2D eigenvalue weighted by Gasteiger charge is 2.12. The number of aliphatic hydroxyl groups is 1. The van der Waals surface area contributed by atoms with Crippen molar-refractivity contribution in [3.63, 3.8) is 0 Å². The number of hydrogen-bond donors (Lipinski definition) is 1. The zero-order chi connectivity index (χ0) is 7.33. The fourth-order valence-corrected chi connectivity index (χ4v) is 0.270. The monoisotopic (exact) mass is 131 g/mol. The zero-order valence-corrected chi connectivity index (χ0v) is 6.09. The van der Waals surface area contributed by atoms with Crippen LogP contribution >= 0.6 is 0 Å². The molecule has 0 bridgehead atoms. The summed E-state index contributed by atoms with van der Waals surface area (Å²) in [6.07, 6.45) is 1.53. The van der Waals surface area contributed by atoms with Gasteiger partial charge in [-0.05, 0) is 20.8 Å². The number of rotatable bonds is 3. The fourth-order valence-electron chi connectivity index (χ4n) is 0.270. The van der Waals surface area contributed by atoms with Crippen molar-refractivity contribution in [1.82, 2.24) is 0 Å². The molecule has 0 amide bonds. The molecule has 0 aliphatic rings. The second kappa shape index (κ2) is 3.45. The fraction of sp³-hybridized carbons (Fsp3) is 0.833. The highest BCUT2D eigenvalue weighted by molar-refractivity contribution is 5.52. The molecule has 0 aliphatic heterocycles. The number of hydrogen-bond acceptors (Lipinski definition) is 3. The van der Waals surface area contributed by atoms with E-state index in [0.29, 0.717) is 0 Å². The van der Waals surface area contributed by atoms with Crippen LogP contribution in [-0.2, 0) is 4.84 Å². The minimum atomic E-state index is -0.785. The first-order valence-electron chi connectivity index (χ1n) is 2.88. The molecule has 0 spiro atoms. The minimum Gasteiger partial charge on any atom is -0.393 e. The second-order valence-electron chi connectivity index (χ2n) is 2.45. The van der Waals surface area contributed by atoms with Crippen molar-refractivity contribution in [2.24, 2.45) is 5.16 Å². The molecular weight excluding hydrogens is 118 g/mol. The summed E-state index contributed by atoms with van der Waals surface area (Å²) in [5.74, 6) is 0. The molecule has 0 aromatic heterocycles. The molecule has 0 aromatic carbocycles. The summed E-state index contributed by atoms with van der Waals surface area (Å²) in [6.45, 7) is 5.32. The van der Waals surface area contributed by atoms with Crippen molar-refractivity contribution in [3.8, 4) is 0 Å². The van der Waals surface area contributed by atoms with Crippen LogP contribution in [0.15, 0.2) is 5.16 Å². The van der Waals surface area contributed by atoms with Crippen molar-refractivity contribution in [2.75, 3.05) is 6.61 Å². The van der Waals surface area contributed by atoms with Gasteiger partial charge >= 0.3 is 0 Å². The molecule has 0 fully saturated rings. The van der Waals surface area contributed by atoms with Gasteiger partial charge < -0.3 is 9.94 Å². The lowest BCUT2D eigenvalue weighted by atomic mass is 10.2. The van der Waals surface area contributed by atoms with Crippen molar-refractivity contribution < 1.29 is 9.94 Å². The van der Waals surface area contributed by atoms with Crippen molar-refractivity contribution in [1.29, 1.82) is 0 Å². The van der Waals surface area contributed by atoms with Gasteiger partial charge in [0.1, 0.15) is 6.61 Å². The molecule has 0 atom stereocenters. The van der Waals surface area contributed by atoms with Crippen molar-refractivity contribution in [3.05, 3.63) is 0 Å². The van der Waals surface area contributed by atoms with E-state index in [9.17, 15) is 0 Å². The largest absolute Gasteiger partial charge is 0.393 e.